The van der Waals surface area contributed by atoms with Crippen LogP contribution in [0.4, 0.5) is 51.2 Å². The lowest BCUT2D eigenvalue weighted by Crippen LogP contribution is -2.74. The quantitative estimate of drug-likeness (QED) is 0.0672. The van der Waals surface area contributed by atoms with E-state index >= 15 is 0 Å². The number of anilines is 9. The van der Waals surface area contributed by atoms with Gasteiger partial charge in [-0.25, -0.2) is 24.9 Å². The number of hydrogen-bond donors (Lipinski definition) is 0. The number of para-hydroxylation sites is 7. The fraction of sp³-hybridized carbons (Fsp3) is 0.0261. The molecule has 610 valence electrons. The molecule has 0 fully saturated rings. The minimum absolute atomic E-state index is 0.930. The molecule has 0 unspecified atom stereocenters. The predicted octanol–water partition coefficient (Wildman–Crippen LogP) is 26.8. The second-order valence-electron chi connectivity index (χ2n) is 33.0. The van der Waals surface area contributed by atoms with E-state index in [1.807, 2.05) is 18.3 Å². The Morgan fingerprint density at radius 1 is 0.233 bits per heavy atom. The van der Waals surface area contributed by atoms with E-state index in [-0.39, 0.29) is 0 Å². The van der Waals surface area contributed by atoms with E-state index in [0.717, 1.165) is 179 Å². The molecule has 0 spiro atoms. The van der Waals surface area contributed by atoms with Crippen LogP contribution in [0.15, 0.2) is 431 Å². The van der Waals surface area contributed by atoms with Crippen LogP contribution in [0.3, 0.4) is 0 Å². The van der Waals surface area contributed by atoms with Crippen LogP contribution in [0.25, 0.3) is 137 Å². The van der Waals surface area contributed by atoms with Gasteiger partial charge in [0.15, 0.2) is 8.07 Å². The molecule has 9 heterocycles. The summed E-state index contributed by atoms with van der Waals surface area (Å²) in [4.78, 5) is 36.3. The number of fused-ring (bicyclic) bond motifs is 10. The van der Waals surface area contributed by atoms with Crippen LogP contribution >= 0.6 is 11.3 Å². The molecule has 26 rings (SSSR count). The van der Waals surface area contributed by atoms with E-state index < -0.39 is 8.07 Å². The number of hydrogen-bond acceptors (Lipinski definition) is 10. The minimum Gasteiger partial charge on any atom is -0.306 e. The molecule has 0 N–H and O–H groups in total. The molecule has 17 aromatic carbocycles. The van der Waals surface area contributed by atoms with Crippen molar-refractivity contribution in [3.63, 3.8) is 0 Å². The van der Waals surface area contributed by atoms with Gasteiger partial charge in [-0.05, 0) is 208 Å². The van der Waals surface area contributed by atoms with E-state index in [9.17, 15) is 0 Å². The van der Waals surface area contributed by atoms with Crippen molar-refractivity contribution in [1.29, 1.82) is 0 Å². The number of benzene rings is 17. The predicted molar refractivity (Wildman–Crippen MR) is 537 cm³/mol. The molecule has 0 aliphatic carbocycles. The van der Waals surface area contributed by atoms with Crippen LogP contribution in [-0.2, 0) is 0 Å². The number of aromatic nitrogens is 9. The maximum Gasteiger partial charge on any atom is 0.179 e. The van der Waals surface area contributed by atoms with Gasteiger partial charge in [-0.2, -0.15) is 0 Å². The molecule has 0 radical (unpaired) electrons. The maximum atomic E-state index is 5.04. The number of nitrogens with zero attached hydrogens (tertiary/aromatic N) is 12. The number of aryl methyl sites for hydroxylation is 3. The largest absolute Gasteiger partial charge is 0.306 e. The van der Waals surface area contributed by atoms with Crippen molar-refractivity contribution in [3.8, 4) is 72.3 Å². The van der Waals surface area contributed by atoms with Crippen LogP contribution in [0.2, 0.25) is 0 Å². The molecule has 14 heteroatoms. The lowest BCUT2D eigenvalue weighted by Gasteiger charge is -2.34. The van der Waals surface area contributed by atoms with Crippen LogP contribution in [0, 0.1) is 20.8 Å². The molecule has 6 aromatic heterocycles. The van der Waals surface area contributed by atoms with E-state index in [1.165, 1.54) is 47.7 Å². The van der Waals surface area contributed by atoms with E-state index in [2.05, 4.69) is 467 Å². The summed E-state index contributed by atoms with van der Waals surface area (Å²) in [6, 6.07) is 152. The summed E-state index contributed by atoms with van der Waals surface area (Å²) in [6.45, 7) is 6.26. The van der Waals surface area contributed by atoms with Crippen molar-refractivity contribution in [2.45, 2.75) is 20.8 Å². The zero-order chi connectivity index (χ0) is 85.8. The lowest BCUT2D eigenvalue weighted by molar-refractivity contribution is 0.982. The third-order valence-electron chi connectivity index (χ3n) is 25.6. The molecular formula is C115H80N12SSi. The summed E-state index contributed by atoms with van der Waals surface area (Å²) >= 11 is 1.74. The fourth-order valence-corrected chi connectivity index (χ4v) is 25.5. The van der Waals surface area contributed by atoms with Gasteiger partial charge in [0, 0.05) is 45.2 Å². The van der Waals surface area contributed by atoms with Crippen molar-refractivity contribution in [3.05, 3.63) is 448 Å². The highest BCUT2D eigenvalue weighted by atomic mass is 32.1. The monoisotopic (exact) mass is 1690 g/mol. The molecule has 0 saturated heterocycles. The Balaban J connectivity index is 0.000000108. The Labute approximate surface area is 750 Å². The molecule has 3 aliphatic rings. The highest BCUT2D eigenvalue weighted by Gasteiger charge is 2.42. The molecule has 3 aliphatic heterocycles. The topological polar surface area (TPSA) is 102 Å². The van der Waals surface area contributed by atoms with Gasteiger partial charge in [-0.15, -0.1) is 11.3 Å². The Bertz CT molecular complexity index is 8140. The standard InChI is InChI=1S/C44H33N3Si.C38H25N5.C33H22N4S/c1-32-45-40-23-14-24-42-44(40)46(32)41-30-27-34(31-43(41)47(42)35-15-6-2-7-16-35)33-25-28-39(29-26-33)48(36-17-8-3-9-18-36,37-19-10-4-11-20-37)38-21-12-5-13-22-38;1-24-40-32-10-5-11-34-38(32)42(24)33-21-19-29(23-35(33)43(34)30-8-3-2-4-9-30)25-12-14-26(15-13-25)31-20-18-28-17-16-27-7-6-22-39-36(27)37(28)41-31;1-21-34-27-11-7-12-29-32(27)36(21)28-19-18-24(20-30(28)37(29)25-8-3-2-4-9-25)22-14-16-23(17-15-22)33-35-26-10-5-6-13-31(26)38-33/h2-31H,1H3;2-23H,1H3;2-20H,1H3. The SMILES string of the molecule is Cc1nc2cccc3c2n1-c1ccc(-c2ccc(-c4ccc5ccc6cccnc6c5n4)cc2)cc1N3c1ccccc1.Cc1nc2cccc3c2n1-c1ccc(-c2ccc(-c4nc5ccccc5s4)cc2)cc1N3c1ccccc1.Cc1nc2cccc3c2n1-c1ccc(-c2ccc([Si](c4ccccc4)(c4ccccc4)c4ccccc4)cc2)cc1N3c1ccccc1. The van der Waals surface area contributed by atoms with Crippen LogP contribution in [0.1, 0.15) is 17.5 Å². The first-order chi connectivity index (χ1) is 63.7. The molecular weight excluding hydrogens is 1610 g/mol. The summed E-state index contributed by atoms with van der Waals surface area (Å²) in [5.41, 5.74) is 33.2. The van der Waals surface area contributed by atoms with Crippen molar-refractivity contribution < 1.29 is 0 Å². The summed E-state index contributed by atoms with van der Waals surface area (Å²) in [7, 11) is -2.59. The molecule has 129 heavy (non-hydrogen) atoms. The second-order valence-corrected chi connectivity index (χ2v) is 37.9. The minimum atomic E-state index is -2.59. The number of pyridine rings is 2. The number of rotatable bonds is 12. The Morgan fingerprint density at radius 3 is 0.992 bits per heavy atom. The lowest BCUT2D eigenvalue weighted by atomic mass is 9.99. The fourth-order valence-electron chi connectivity index (χ4n) is 19.8. The summed E-state index contributed by atoms with van der Waals surface area (Å²) in [5.74, 6) is 2.97. The first kappa shape index (κ1) is 76.2. The van der Waals surface area contributed by atoms with Gasteiger partial charge >= 0.3 is 0 Å². The molecule has 0 bridgehead atoms. The summed E-state index contributed by atoms with van der Waals surface area (Å²) < 4.78 is 8.10. The first-order valence-electron chi connectivity index (χ1n) is 43.6. The van der Waals surface area contributed by atoms with Crippen LogP contribution in [-0.4, -0.2) is 51.7 Å². The van der Waals surface area contributed by atoms with E-state index in [4.69, 9.17) is 24.9 Å². The van der Waals surface area contributed by atoms with Gasteiger partial charge < -0.3 is 14.7 Å². The van der Waals surface area contributed by atoms with Gasteiger partial charge in [-0.1, -0.05) is 291 Å². The maximum absolute atomic E-state index is 5.04. The Hall–Kier alpha value is -16.5. The summed E-state index contributed by atoms with van der Waals surface area (Å²) in [5, 5.41) is 8.74. The zero-order valence-corrected chi connectivity index (χ0v) is 72.6. The van der Waals surface area contributed by atoms with Gasteiger partial charge in [0.05, 0.1) is 111 Å². The van der Waals surface area contributed by atoms with E-state index in [0.29, 0.717) is 0 Å². The van der Waals surface area contributed by atoms with Crippen molar-refractivity contribution in [2.24, 2.45) is 0 Å². The Morgan fingerprint density at radius 2 is 0.574 bits per heavy atom. The van der Waals surface area contributed by atoms with Gasteiger partial charge in [0.25, 0.3) is 0 Å². The van der Waals surface area contributed by atoms with Crippen molar-refractivity contribution in [1.82, 2.24) is 43.6 Å². The van der Waals surface area contributed by atoms with Gasteiger partial charge in [-0.3, -0.25) is 18.7 Å². The average Bonchev–Trinajstić information content (AvgIpc) is 1.61. The molecule has 23 aromatic rings. The average molecular weight is 1690 g/mol. The second kappa shape index (κ2) is 31.3. The molecule has 0 amide bonds. The number of imidazole rings is 3. The smallest absolute Gasteiger partial charge is 0.179 e. The molecule has 0 atom stereocenters. The van der Waals surface area contributed by atoms with Crippen molar-refractivity contribution in [2.75, 3.05) is 14.7 Å². The third-order valence-corrected chi connectivity index (χ3v) is 31.5. The zero-order valence-electron chi connectivity index (χ0n) is 70.8. The Kier molecular flexibility index (Phi) is 18.5. The number of thiazole rings is 1. The first-order valence-corrected chi connectivity index (χ1v) is 46.4. The summed E-state index contributed by atoms with van der Waals surface area (Å²) in [6.07, 6.45) is 1.83. The molecule has 0 saturated carbocycles. The normalized spacial score (nSPS) is 12.3. The van der Waals surface area contributed by atoms with Crippen LogP contribution < -0.4 is 35.4 Å². The third kappa shape index (κ3) is 12.8. The highest BCUT2D eigenvalue weighted by Crippen LogP contribution is 2.52. The van der Waals surface area contributed by atoms with E-state index in [1.54, 1.807) is 11.3 Å². The highest BCUT2D eigenvalue weighted by molar-refractivity contribution is 7.21. The molecule has 12 nitrogen and oxygen atoms in total. The van der Waals surface area contributed by atoms with Crippen molar-refractivity contribution >= 4 is 156 Å². The van der Waals surface area contributed by atoms with Gasteiger partial charge in [0.2, 0.25) is 0 Å². The van der Waals surface area contributed by atoms with Gasteiger partial charge in [0.1, 0.15) is 22.5 Å². The van der Waals surface area contributed by atoms with Crippen LogP contribution in [0.5, 0.6) is 0 Å².